The van der Waals surface area contributed by atoms with Crippen molar-refractivity contribution >= 4 is 5.97 Å². The van der Waals surface area contributed by atoms with Crippen molar-refractivity contribution in [2.45, 2.75) is 45.2 Å². The van der Waals surface area contributed by atoms with Gasteiger partial charge in [-0.25, -0.2) is 4.68 Å². The smallest absolute Gasteiger partial charge is 0.304 e. The highest BCUT2D eigenvalue weighted by molar-refractivity contribution is 5.67. The molecule has 0 aromatic carbocycles. The molecule has 1 aliphatic heterocycles. The highest BCUT2D eigenvalue weighted by Crippen LogP contribution is 2.27. The Morgan fingerprint density at radius 1 is 1.50 bits per heavy atom. The molecule has 20 heavy (non-hydrogen) atoms. The maximum absolute atomic E-state index is 11.0. The Morgan fingerprint density at radius 3 is 2.90 bits per heavy atom. The van der Waals surface area contributed by atoms with Crippen LogP contribution in [0.1, 0.15) is 36.9 Å². The summed E-state index contributed by atoms with van der Waals surface area (Å²) in [5, 5.41) is 13.4. The number of aliphatic carboxylic acids is 1. The van der Waals surface area contributed by atoms with Crippen LogP contribution >= 0.6 is 0 Å². The van der Waals surface area contributed by atoms with E-state index in [0.29, 0.717) is 6.54 Å². The third kappa shape index (κ3) is 3.12. The third-order valence-corrected chi connectivity index (χ3v) is 4.00. The van der Waals surface area contributed by atoms with Crippen molar-refractivity contribution in [1.29, 1.82) is 0 Å². The standard InChI is InChI=1S/C14H23N3O3/c1-10-12(14(20-3)16(2)15-10)9-17-7-5-4-6-11(17)8-13(18)19/h11H,4-9H2,1-3H3,(H,18,19). The quantitative estimate of drug-likeness (QED) is 0.887. The molecule has 1 fully saturated rings. The lowest BCUT2D eigenvalue weighted by molar-refractivity contribution is -0.138. The molecular formula is C14H23N3O3. The summed E-state index contributed by atoms with van der Waals surface area (Å²) in [5.74, 6) is 0.0407. The molecule has 6 heteroatoms. The number of carbonyl (C=O) groups is 1. The van der Waals surface area contributed by atoms with Gasteiger partial charge in [-0.1, -0.05) is 6.42 Å². The number of rotatable bonds is 5. The Morgan fingerprint density at radius 2 is 2.25 bits per heavy atom. The number of aromatic nitrogens is 2. The van der Waals surface area contributed by atoms with Crippen LogP contribution in [0.4, 0.5) is 0 Å². The molecule has 1 unspecified atom stereocenters. The molecular weight excluding hydrogens is 258 g/mol. The van der Waals surface area contributed by atoms with E-state index in [1.54, 1.807) is 11.8 Å². The molecule has 0 radical (unpaired) electrons. The molecule has 1 aromatic heterocycles. The summed E-state index contributed by atoms with van der Waals surface area (Å²) in [6.07, 6.45) is 3.39. The Labute approximate surface area is 119 Å². The maximum Gasteiger partial charge on any atom is 0.304 e. The maximum atomic E-state index is 11.0. The van der Waals surface area contributed by atoms with Crippen LogP contribution in [-0.4, -0.2) is 45.5 Å². The highest BCUT2D eigenvalue weighted by atomic mass is 16.5. The molecule has 0 saturated carbocycles. The number of methoxy groups -OCH3 is 1. The van der Waals surface area contributed by atoms with Gasteiger partial charge >= 0.3 is 5.97 Å². The monoisotopic (exact) mass is 281 g/mol. The number of hydrogen-bond acceptors (Lipinski definition) is 4. The average Bonchev–Trinajstić information content (AvgIpc) is 2.65. The van der Waals surface area contributed by atoms with Gasteiger partial charge in [0.05, 0.1) is 24.8 Å². The fourth-order valence-electron chi connectivity index (χ4n) is 3.02. The van der Waals surface area contributed by atoms with Crippen LogP contribution in [-0.2, 0) is 18.4 Å². The van der Waals surface area contributed by atoms with Crippen LogP contribution in [0.3, 0.4) is 0 Å². The fourth-order valence-corrected chi connectivity index (χ4v) is 3.02. The van der Waals surface area contributed by atoms with Crippen molar-refractivity contribution in [1.82, 2.24) is 14.7 Å². The molecule has 0 amide bonds. The molecule has 0 spiro atoms. The summed E-state index contributed by atoms with van der Waals surface area (Å²) in [7, 11) is 3.51. The van der Waals surface area contributed by atoms with Crippen LogP contribution < -0.4 is 4.74 Å². The van der Waals surface area contributed by atoms with Gasteiger partial charge < -0.3 is 9.84 Å². The van der Waals surface area contributed by atoms with Crippen molar-refractivity contribution in [3.8, 4) is 5.88 Å². The van der Waals surface area contributed by atoms with Gasteiger partial charge in [0.1, 0.15) is 0 Å². The number of carboxylic acid groups (broad SMARTS) is 1. The van der Waals surface area contributed by atoms with E-state index in [4.69, 9.17) is 9.84 Å². The van der Waals surface area contributed by atoms with E-state index in [9.17, 15) is 4.79 Å². The minimum absolute atomic E-state index is 0.116. The first-order chi connectivity index (χ1) is 9.52. The van der Waals surface area contributed by atoms with E-state index < -0.39 is 5.97 Å². The molecule has 1 N–H and O–H groups in total. The second-order valence-corrected chi connectivity index (χ2v) is 5.41. The normalized spacial score (nSPS) is 20.1. The van der Waals surface area contributed by atoms with Crippen LogP contribution in [0.5, 0.6) is 5.88 Å². The second kappa shape index (κ2) is 6.26. The van der Waals surface area contributed by atoms with E-state index >= 15 is 0 Å². The number of ether oxygens (including phenoxy) is 1. The molecule has 2 heterocycles. The molecule has 2 rings (SSSR count). The van der Waals surface area contributed by atoms with Crippen LogP contribution in [0.15, 0.2) is 0 Å². The highest BCUT2D eigenvalue weighted by Gasteiger charge is 2.27. The Hall–Kier alpha value is -1.56. The zero-order valence-corrected chi connectivity index (χ0v) is 12.4. The van der Waals surface area contributed by atoms with Gasteiger partial charge in [0, 0.05) is 19.6 Å². The summed E-state index contributed by atoms with van der Waals surface area (Å²) in [5.41, 5.74) is 2.01. The average molecular weight is 281 g/mol. The van der Waals surface area contributed by atoms with Crippen LogP contribution in [0, 0.1) is 6.92 Å². The van der Waals surface area contributed by atoms with Crippen molar-refractivity contribution in [2.24, 2.45) is 7.05 Å². The molecule has 1 saturated heterocycles. The Balaban J connectivity index is 2.16. The van der Waals surface area contributed by atoms with Crippen molar-refractivity contribution in [3.63, 3.8) is 0 Å². The van der Waals surface area contributed by atoms with Crippen LogP contribution in [0.2, 0.25) is 0 Å². The van der Waals surface area contributed by atoms with E-state index in [0.717, 1.165) is 42.9 Å². The van der Waals surface area contributed by atoms with E-state index in [2.05, 4.69) is 10.00 Å². The minimum Gasteiger partial charge on any atom is -0.481 e. The van der Waals surface area contributed by atoms with Crippen molar-refractivity contribution in [3.05, 3.63) is 11.3 Å². The molecule has 0 aliphatic carbocycles. The van der Waals surface area contributed by atoms with Gasteiger partial charge in [-0.2, -0.15) is 5.10 Å². The molecule has 0 bridgehead atoms. The molecule has 6 nitrogen and oxygen atoms in total. The number of nitrogens with zero attached hydrogens (tertiary/aromatic N) is 3. The zero-order valence-electron chi connectivity index (χ0n) is 12.4. The number of aryl methyl sites for hydroxylation is 2. The van der Waals surface area contributed by atoms with Crippen molar-refractivity contribution < 1.29 is 14.6 Å². The zero-order chi connectivity index (χ0) is 14.7. The summed E-state index contributed by atoms with van der Waals surface area (Å²) in [6, 6.07) is 0.116. The SMILES string of the molecule is COc1c(CN2CCCCC2CC(=O)O)c(C)nn1C. The molecule has 1 aromatic rings. The van der Waals surface area contributed by atoms with E-state index in [1.165, 1.54) is 0 Å². The largest absolute Gasteiger partial charge is 0.481 e. The minimum atomic E-state index is -0.725. The number of hydrogen-bond donors (Lipinski definition) is 1. The Kier molecular flexibility index (Phi) is 4.65. The second-order valence-electron chi connectivity index (χ2n) is 5.41. The lowest BCUT2D eigenvalue weighted by Crippen LogP contribution is -2.40. The van der Waals surface area contributed by atoms with E-state index in [-0.39, 0.29) is 12.5 Å². The summed E-state index contributed by atoms with van der Waals surface area (Å²) in [4.78, 5) is 13.2. The molecule has 1 atom stereocenters. The summed E-state index contributed by atoms with van der Waals surface area (Å²) < 4.78 is 7.15. The third-order valence-electron chi connectivity index (χ3n) is 4.00. The first-order valence-corrected chi connectivity index (χ1v) is 7.05. The van der Waals surface area contributed by atoms with Gasteiger partial charge in [-0.05, 0) is 26.3 Å². The predicted molar refractivity (Wildman–Crippen MR) is 74.8 cm³/mol. The summed E-state index contributed by atoms with van der Waals surface area (Å²) in [6.45, 7) is 3.62. The number of piperidine rings is 1. The first-order valence-electron chi connectivity index (χ1n) is 7.05. The van der Waals surface area contributed by atoms with Gasteiger partial charge in [0.25, 0.3) is 0 Å². The lowest BCUT2D eigenvalue weighted by atomic mass is 9.98. The van der Waals surface area contributed by atoms with Crippen molar-refractivity contribution in [2.75, 3.05) is 13.7 Å². The van der Waals surface area contributed by atoms with Gasteiger partial charge in [-0.3, -0.25) is 9.69 Å². The Bertz CT molecular complexity index is 484. The summed E-state index contributed by atoms with van der Waals surface area (Å²) >= 11 is 0. The van der Waals surface area contributed by atoms with Gasteiger partial charge in [-0.15, -0.1) is 0 Å². The predicted octanol–water partition coefficient (Wildman–Crippen LogP) is 1.57. The number of carboxylic acids is 1. The molecule has 112 valence electrons. The van der Waals surface area contributed by atoms with E-state index in [1.807, 2.05) is 14.0 Å². The topological polar surface area (TPSA) is 67.6 Å². The fraction of sp³-hybridized carbons (Fsp3) is 0.714. The lowest BCUT2D eigenvalue weighted by Gasteiger charge is -2.34. The number of likely N-dealkylation sites (tertiary alicyclic amines) is 1. The van der Waals surface area contributed by atoms with Gasteiger partial charge in [0.15, 0.2) is 0 Å². The van der Waals surface area contributed by atoms with Gasteiger partial charge in [0.2, 0.25) is 5.88 Å². The first kappa shape index (κ1) is 14.8. The van der Waals surface area contributed by atoms with Crippen LogP contribution in [0.25, 0.3) is 0 Å². The molecule has 1 aliphatic rings.